The summed E-state index contributed by atoms with van der Waals surface area (Å²) in [6.45, 7) is 4.26. The summed E-state index contributed by atoms with van der Waals surface area (Å²) in [5.41, 5.74) is 9.54. The molecule has 0 bridgehead atoms. The highest BCUT2D eigenvalue weighted by molar-refractivity contribution is 7.98. The van der Waals surface area contributed by atoms with Gasteiger partial charge in [-0.15, -0.1) is 11.8 Å². The molecule has 0 saturated carbocycles. The number of hydrogen-bond donors (Lipinski definition) is 1. The molecule has 1 heterocycles. The second kappa shape index (κ2) is 5.23. The minimum absolute atomic E-state index is 0.570. The Morgan fingerprint density at radius 2 is 1.82 bits per heavy atom. The van der Waals surface area contributed by atoms with E-state index >= 15 is 0 Å². The lowest BCUT2D eigenvalue weighted by Crippen LogP contribution is -1.89. The zero-order chi connectivity index (χ0) is 12.3. The fourth-order valence-electron chi connectivity index (χ4n) is 1.80. The molecule has 0 aliphatic heterocycles. The summed E-state index contributed by atoms with van der Waals surface area (Å²) in [5, 5.41) is 0. The number of benzene rings is 1. The van der Waals surface area contributed by atoms with Crippen LogP contribution in [-0.4, -0.2) is 4.98 Å². The smallest absolute Gasteiger partial charge is 0.123 e. The Morgan fingerprint density at radius 3 is 2.41 bits per heavy atom. The van der Waals surface area contributed by atoms with E-state index in [-0.39, 0.29) is 0 Å². The fourth-order valence-corrected chi connectivity index (χ4v) is 2.59. The second-order valence-electron chi connectivity index (χ2n) is 4.20. The highest BCUT2D eigenvalue weighted by Gasteiger charge is 1.99. The third-order valence-electron chi connectivity index (χ3n) is 2.45. The van der Waals surface area contributed by atoms with Crippen molar-refractivity contribution in [3.05, 3.63) is 53.2 Å². The normalized spacial score (nSPS) is 10.5. The van der Waals surface area contributed by atoms with Gasteiger partial charge in [0, 0.05) is 16.8 Å². The Morgan fingerprint density at radius 1 is 1.12 bits per heavy atom. The lowest BCUT2D eigenvalue weighted by atomic mass is 10.1. The number of pyridine rings is 1. The molecular formula is C14H16N2S. The summed E-state index contributed by atoms with van der Waals surface area (Å²) in [6.07, 6.45) is 1.82. The van der Waals surface area contributed by atoms with Crippen LogP contribution >= 0.6 is 11.8 Å². The minimum Gasteiger partial charge on any atom is -0.384 e. The number of nitrogen functional groups attached to an aromatic ring is 1. The van der Waals surface area contributed by atoms with Crippen molar-refractivity contribution in [3.63, 3.8) is 0 Å². The number of anilines is 1. The molecule has 2 aromatic rings. The standard InChI is InChI=1S/C14H16N2S/c1-10-5-11(2)7-12(6-10)9-17-13-3-4-14(15)16-8-13/h3-8H,9H2,1-2H3,(H2,15,16). The molecule has 0 spiro atoms. The van der Waals surface area contributed by atoms with E-state index in [1.807, 2.05) is 18.3 Å². The SMILES string of the molecule is Cc1cc(C)cc(CSc2ccc(N)nc2)c1. The van der Waals surface area contributed by atoms with Crippen molar-refractivity contribution in [3.8, 4) is 0 Å². The average Bonchev–Trinajstić information content (AvgIpc) is 2.27. The summed E-state index contributed by atoms with van der Waals surface area (Å²) < 4.78 is 0. The van der Waals surface area contributed by atoms with Crippen molar-refractivity contribution in [2.24, 2.45) is 0 Å². The second-order valence-corrected chi connectivity index (χ2v) is 5.25. The summed E-state index contributed by atoms with van der Waals surface area (Å²) in [6, 6.07) is 10.5. The van der Waals surface area contributed by atoms with Crippen molar-refractivity contribution in [2.75, 3.05) is 5.73 Å². The molecule has 2 N–H and O–H groups in total. The molecule has 0 amide bonds. The fraction of sp³-hybridized carbons (Fsp3) is 0.214. The maximum absolute atomic E-state index is 5.55. The van der Waals surface area contributed by atoms with Gasteiger partial charge in [0.2, 0.25) is 0 Å². The van der Waals surface area contributed by atoms with E-state index in [2.05, 4.69) is 37.0 Å². The summed E-state index contributed by atoms with van der Waals surface area (Å²) >= 11 is 1.78. The first kappa shape index (κ1) is 12.0. The van der Waals surface area contributed by atoms with Crippen LogP contribution < -0.4 is 5.73 Å². The number of nitrogens with two attached hydrogens (primary N) is 1. The molecular weight excluding hydrogens is 228 g/mol. The van der Waals surface area contributed by atoms with Crippen molar-refractivity contribution in [1.29, 1.82) is 0 Å². The monoisotopic (exact) mass is 244 g/mol. The Hall–Kier alpha value is -1.48. The van der Waals surface area contributed by atoms with Crippen molar-refractivity contribution in [2.45, 2.75) is 24.5 Å². The van der Waals surface area contributed by atoms with E-state index in [0.717, 1.165) is 10.6 Å². The Kier molecular flexibility index (Phi) is 3.69. The van der Waals surface area contributed by atoms with Gasteiger partial charge in [-0.25, -0.2) is 4.98 Å². The molecule has 17 heavy (non-hydrogen) atoms. The Labute approximate surface area is 106 Å². The van der Waals surface area contributed by atoms with Gasteiger partial charge in [-0.05, 0) is 31.5 Å². The van der Waals surface area contributed by atoms with Gasteiger partial charge < -0.3 is 5.73 Å². The number of hydrogen-bond acceptors (Lipinski definition) is 3. The van der Waals surface area contributed by atoms with Crippen LogP contribution in [0.25, 0.3) is 0 Å². The lowest BCUT2D eigenvalue weighted by molar-refractivity contribution is 1.24. The van der Waals surface area contributed by atoms with Gasteiger partial charge in [0.15, 0.2) is 0 Å². The zero-order valence-corrected chi connectivity index (χ0v) is 10.9. The number of thioether (sulfide) groups is 1. The molecule has 0 fully saturated rings. The summed E-state index contributed by atoms with van der Waals surface area (Å²) in [5.74, 6) is 1.54. The largest absolute Gasteiger partial charge is 0.384 e. The van der Waals surface area contributed by atoms with Gasteiger partial charge in [-0.2, -0.15) is 0 Å². The van der Waals surface area contributed by atoms with E-state index in [1.54, 1.807) is 11.8 Å². The highest BCUT2D eigenvalue weighted by atomic mass is 32.2. The third kappa shape index (κ3) is 3.49. The van der Waals surface area contributed by atoms with Gasteiger partial charge in [0.25, 0.3) is 0 Å². The summed E-state index contributed by atoms with van der Waals surface area (Å²) in [4.78, 5) is 5.23. The van der Waals surface area contributed by atoms with Crippen LogP contribution in [-0.2, 0) is 5.75 Å². The van der Waals surface area contributed by atoms with Crippen LogP contribution in [0.2, 0.25) is 0 Å². The third-order valence-corrected chi connectivity index (χ3v) is 3.50. The van der Waals surface area contributed by atoms with E-state index in [1.165, 1.54) is 16.7 Å². The lowest BCUT2D eigenvalue weighted by Gasteiger charge is -2.05. The van der Waals surface area contributed by atoms with Gasteiger partial charge in [0.05, 0.1) is 0 Å². The molecule has 1 aromatic heterocycles. The first-order valence-electron chi connectivity index (χ1n) is 5.55. The maximum atomic E-state index is 5.55. The number of aromatic nitrogens is 1. The van der Waals surface area contributed by atoms with Crippen LogP contribution in [0.5, 0.6) is 0 Å². The molecule has 88 valence electrons. The summed E-state index contributed by atoms with van der Waals surface area (Å²) in [7, 11) is 0. The van der Waals surface area contributed by atoms with Crippen molar-refractivity contribution in [1.82, 2.24) is 4.98 Å². The number of rotatable bonds is 3. The molecule has 0 aliphatic rings. The zero-order valence-electron chi connectivity index (χ0n) is 10.1. The van der Waals surface area contributed by atoms with E-state index in [9.17, 15) is 0 Å². The molecule has 0 saturated heterocycles. The van der Waals surface area contributed by atoms with Gasteiger partial charge >= 0.3 is 0 Å². The minimum atomic E-state index is 0.570. The first-order valence-corrected chi connectivity index (χ1v) is 6.53. The van der Waals surface area contributed by atoms with Crippen molar-refractivity contribution < 1.29 is 0 Å². The average molecular weight is 244 g/mol. The Balaban J connectivity index is 2.04. The van der Waals surface area contributed by atoms with Crippen LogP contribution in [0.1, 0.15) is 16.7 Å². The van der Waals surface area contributed by atoms with Gasteiger partial charge in [0.1, 0.15) is 5.82 Å². The van der Waals surface area contributed by atoms with E-state index in [0.29, 0.717) is 5.82 Å². The molecule has 0 atom stereocenters. The number of aryl methyl sites for hydroxylation is 2. The molecule has 2 rings (SSSR count). The molecule has 2 nitrogen and oxygen atoms in total. The Bertz CT molecular complexity index is 486. The molecule has 0 radical (unpaired) electrons. The molecule has 1 aromatic carbocycles. The van der Waals surface area contributed by atoms with Crippen LogP contribution in [0.3, 0.4) is 0 Å². The topological polar surface area (TPSA) is 38.9 Å². The molecule has 3 heteroatoms. The highest BCUT2D eigenvalue weighted by Crippen LogP contribution is 2.23. The maximum Gasteiger partial charge on any atom is 0.123 e. The predicted molar refractivity (Wildman–Crippen MR) is 74.1 cm³/mol. The van der Waals surface area contributed by atoms with E-state index in [4.69, 9.17) is 5.73 Å². The molecule has 0 aliphatic carbocycles. The molecule has 0 unspecified atom stereocenters. The number of nitrogens with zero attached hydrogens (tertiary/aromatic N) is 1. The quantitative estimate of drug-likeness (QED) is 0.839. The van der Waals surface area contributed by atoms with Gasteiger partial charge in [-0.1, -0.05) is 29.3 Å². The van der Waals surface area contributed by atoms with Crippen molar-refractivity contribution >= 4 is 17.6 Å². The predicted octanol–water partition coefficient (Wildman–Crippen LogP) is 3.57. The van der Waals surface area contributed by atoms with Gasteiger partial charge in [-0.3, -0.25) is 0 Å². The van der Waals surface area contributed by atoms with E-state index < -0.39 is 0 Å². The van der Waals surface area contributed by atoms with Crippen LogP contribution in [0, 0.1) is 13.8 Å². The first-order chi connectivity index (χ1) is 8.13. The van der Waals surface area contributed by atoms with Crippen LogP contribution in [0.15, 0.2) is 41.4 Å². The van der Waals surface area contributed by atoms with Crippen LogP contribution in [0.4, 0.5) is 5.82 Å².